The number of hydrogen-bond acceptors (Lipinski definition) is 2. The van der Waals surface area contributed by atoms with Crippen molar-refractivity contribution in [2.24, 2.45) is 5.92 Å². The predicted octanol–water partition coefficient (Wildman–Crippen LogP) is 15.1. The third-order valence-electron chi connectivity index (χ3n) is 11.8. The van der Waals surface area contributed by atoms with Gasteiger partial charge >= 0.3 is 0 Å². The molecule has 0 radical (unpaired) electrons. The largest absolute Gasteiger partial charge is 0.612 e. The topological polar surface area (TPSA) is 51.0 Å². The lowest BCUT2D eigenvalue weighted by atomic mass is 9.93. The van der Waals surface area contributed by atoms with Crippen LogP contribution in [0.5, 0.6) is 0 Å². The van der Waals surface area contributed by atoms with E-state index in [0.29, 0.717) is 5.92 Å². The lowest BCUT2D eigenvalue weighted by Gasteiger charge is -2.20. The van der Waals surface area contributed by atoms with E-state index in [4.69, 9.17) is 0 Å². The summed E-state index contributed by atoms with van der Waals surface area (Å²) in [5.74, 6) is 0.603. The SMILES string of the molecule is CCCCCCCCCCCCC(CCCCCCCCCC)Cn1c2cc(-c3ccccc3[S+](C)[O-])ccc2c2ccc(-c3ccccc3[S+](C)[O-])cc21. The fourth-order valence-corrected chi connectivity index (χ4v) is 10.1. The summed E-state index contributed by atoms with van der Waals surface area (Å²) in [5.41, 5.74) is 6.81. The first-order chi connectivity index (χ1) is 26.9. The van der Waals surface area contributed by atoms with Gasteiger partial charge in [-0.2, -0.15) is 0 Å². The van der Waals surface area contributed by atoms with Crippen LogP contribution in [0.15, 0.2) is 94.7 Å². The Morgan fingerprint density at radius 3 is 1.22 bits per heavy atom. The highest BCUT2D eigenvalue weighted by Gasteiger charge is 2.20. The van der Waals surface area contributed by atoms with Crippen LogP contribution in [0.4, 0.5) is 0 Å². The molecule has 5 heteroatoms. The van der Waals surface area contributed by atoms with E-state index in [2.05, 4.69) is 79.1 Å². The summed E-state index contributed by atoms with van der Waals surface area (Å²) in [6.07, 6.45) is 30.6. The maximum absolute atomic E-state index is 12.8. The first kappa shape index (κ1) is 43.4. The van der Waals surface area contributed by atoms with E-state index >= 15 is 0 Å². The summed E-state index contributed by atoms with van der Waals surface area (Å²) in [7, 11) is 0. The number of nitrogens with zero attached hydrogens (tertiary/aromatic N) is 1. The number of benzene rings is 4. The zero-order chi connectivity index (χ0) is 38.8. The Balaban J connectivity index is 1.45. The minimum Gasteiger partial charge on any atom is -0.612 e. The van der Waals surface area contributed by atoms with Crippen molar-refractivity contribution >= 4 is 44.2 Å². The molecule has 3 atom stereocenters. The maximum Gasteiger partial charge on any atom is 0.160 e. The average molecular weight is 780 g/mol. The van der Waals surface area contributed by atoms with Crippen LogP contribution in [0.25, 0.3) is 44.1 Å². The lowest BCUT2D eigenvalue weighted by Crippen LogP contribution is -2.11. The summed E-state index contributed by atoms with van der Waals surface area (Å²) in [6.45, 7) is 5.58. The summed E-state index contributed by atoms with van der Waals surface area (Å²) in [4.78, 5) is 1.76. The number of unbranched alkanes of at least 4 members (excludes halogenated alkanes) is 16. The van der Waals surface area contributed by atoms with Crippen LogP contribution in [0.1, 0.15) is 142 Å². The van der Waals surface area contributed by atoms with Gasteiger partial charge in [-0.15, -0.1) is 0 Å². The van der Waals surface area contributed by atoms with Crippen LogP contribution in [0.3, 0.4) is 0 Å². The normalized spacial score (nSPS) is 13.5. The molecule has 1 heterocycles. The molecule has 0 spiro atoms. The smallest absolute Gasteiger partial charge is 0.160 e. The van der Waals surface area contributed by atoms with Crippen molar-refractivity contribution in [2.75, 3.05) is 12.5 Å². The third kappa shape index (κ3) is 12.6. The van der Waals surface area contributed by atoms with Crippen molar-refractivity contribution in [3.05, 3.63) is 84.9 Å². The Kier molecular flexibility index (Phi) is 18.6. The quantitative estimate of drug-likeness (QED) is 0.0414. The van der Waals surface area contributed by atoms with Crippen LogP contribution in [0.2, 0.25) is 0 Å². The molecular weight excluding hydrogens is 711 g/mol. The molecule has 0 amide bonds. The molecular formula is C50H69NO2S2. The zero-order valence-corrected chi connectivity index (χ0v) is 36.2. The van der Waals surface area contributed by atoms with Crippen molar-refractivity contribution in [1.82, 2.24) is 4.57 Å². The number of rotatable bonds is 26. The Hall–Kier alpha value is -2.70. The van der Waals surface area contributed by atoms with Gasteiger partial charge in [-0.1, -0.05) is 178 Å². The van der Waals surface area contributed by atoms with Crippen molar-refractivity contribution in [3.8, 4) is 22.3 Å². The Labute approximate surface area is 340 Å². The van der Waals surface area contributed by atoms with Crippen LogP contribution < -0.4 is 0 Å². The summed E-state index contributed by atoms with van der Waals surface area (Å²) in [5, 5.41) is 2.52. The van der Waals surface area contributed by atoms with E-state index in [-0.39, 0.29) is 0 Å². The summed E-state index contributed by atoms with van der Waals surface area (Å²) in [6, 6.07) is 30.0. The van der Waals surface area contributed by atoms with Crippen molar-refractivity contribution in [2.45, 2.75) is 159 Å². The standard InChI is InChI=1S/C50H69NO2S2/c1-5-7-9-11-13-15-16-18-20-22-28-40(27-21-19-17-14-12-10-8-6-2)39-51-47-37-41(43-29-23-25-31-49(43)54(3)52)33-35-45(47)46-36-34-42(38-48(46)51)44-30-24-26-32-50(44)55(4)53/h23-26,29-38,40H,5-22,27-28,39H2,1-4H3. The second-order valence-corrected chi connectivity index (χ2v) is 18.8. The molecule has 0 fully saturated rings. The molecule has 0 saturated heterocycles. The van der Waals surface area contributed by atoms with Gasteiger partial charge in [0.25, 0.3) is 0 Å². The molecule has 1 aromatic heterocycles. The van der Waals surface area contributed by atoms with Gasteiger partial charge in [0.1, 0.15) is 12.5 Å². The summed E-state index contributed by atoms with van der Waals surface area (Å²) < 4.78 is 28.3. The highest BCUT2D eigenvalue weighted by atomic mass is 32.2. The summed E-state index contributed by atoms with van der Waals surface area (Å²) >= 11 is -2.17. The molecule has 0 saturated carbocycles. The van der Waals surface area contributed by atoms with E-state index in [1.54, 1.807) is 12.5 Å². The van der Waals surface area contributed by atoms with Crippen molar-refractivity contribution < 1.29 is 9.11 Å². The third-order valence-corrected chi connectivity index (χ3v) is 13.7. The Morgan fingerprint density at radius 1 is 0.473 bits per heavy atom. The number of fused-ring (bicyclic) bond motifs is 3. The van der Waals surface area contributed by atoms with Crippen molar-refractivity contribution in [1.29, 1.82) is 0 Å². The van der Waals surface area contributed by atoms with Gasteiger partial charge in [-0.3, -0.25) is 0 Å². The molecule has 3 nitrogen and oxygen atoms in total. The van der Waals surface area contributed by atoms with Crippen LogP contribution >= 0.6 is 0 Å². The number of aromatic nitrogens is 1. The van der Waals surface area contributed by atoms with Gasteiger partial charge in [0.05, 0.1) is 0 Å². The predicted molar refractivity (Wildman–Crippen MR) is 242 cm³/mol. The van der Waals surface area contributed by atoms with E-state index in [1.165, 1.54) is 150 Å². The molecule has 3 unspecified atom stereocenters. The van der Waals surface area contributed by atoms with Crippen LogP contribution in [-0.2, 0) is 28.9 Å². The van der Waals surface area contributed by atoms with Gasteiger partial charge in [-0.05, 0) is 88.6 Å². The molecule has 298 valence electrons. The van der Waals surface area contributed by atoms with Gasteiger partial charge in [0.15, 0.2) is 9.79 Å². The van der Waals surface area contributed by atoms with Gasteiger partial charge in [-0.25, -0.2) is 0 Å². The van der Waals surface area contributed by atoms with Gasteiger partial charge < -0.3 is 13.7 Å². The van der Waals surface area contributed by atoms with Crippen LogP contribution in [-0.4, -0.2) is 26.2 Å². The molecule has 0 aliphatic carbocycles. The second kappa shape index (κ2) is 23.5. The monoisotopic (exact) mass is 779 g/mol. The second-order valence-electron chi connectivity index (χ2n) is 16.1. The molecule has 0 aliphatic rings. The zero-order valence-electron chi connectivity index (χ0n) is 34.6. The van der Waals surface area contributed by atoms with Crippen molar-refractivity contribution in [3.63, 3.8) is 0 Å². The molecule has 5 aromatic rings. The average Bonchev–Trinajstić information content (AvgIpc) is 3.50. The highest BCUT2D eigenvalue weighted by Crippen LogP contribution is 2.38. The van der Waals surface area contributed by atoms with E-state index in [9.17, 15) is 9.11 Å². The minimum atomic E-state index is -1.08. The Morgan fingerprint density at radius 2 is 0.836 bits per heavy atom. The van der Waals surface area contributed by atoms with Gasteiger partial charge in [0, 0.05) is 39.5 Å². The first-order valence-electron chi connectivity index (χ1n) is 21.8. The first-order valence-corrected chi connectivity index (χ1v) is 25.0. The molecule has 4 aromatic carbocycles. The molecule has 5 rings (SSSR count). The highest BCUT2D eigenvalue weighted by molar-refractivity contribution is 7.91. The molecule has 0 bridgehead atoms. The molecule has 0 N–H and O–H groups in total. The number of hydrogen-bond donors (Lipinski definition) is 0. The van der Waals surface area contributed by atoms with Gasteiger partial charge in [0.2, 0.25) is 0 Å². The molecule has 0 aliphatic heterocycles. The fraction of sp³-hybridized carbons (Fsp3) is 0.520. The fourth-order valence-electron chi connectivity index (χ4n) is 8.61. The lowest BCUT2D eigenvalue weighted by molar-refractivity contribution is 0.364. The van der Waals surface area contributed by atoms with Crippen LogP contribution in [0, 0.1) is 5.92 Å². The maximum atomic E-state index is 12.8. The molecule has 55 heavy (non-hydrogen) atoms. The minimum absolute atomic E-state index is 0.603. The van der Waals surface area contributed by atoms with E-state index < -0.39 is 22.4 Å². The van der Waals surface area contributed by atoms with E-state index in [1.807, 2.05) is 24.3 Å². The van der Waals surface area contributed by atoms with E-state index in [0.717, 1.165) is 38.6 Å². The Bertz CT molecular complexity index is 1750.